The topological polar surface area (TPSA) is 27.7 Å². The van der Waals surface area contributed by atoms with Gasteiger partial charge in [-0.2, -0.15) is 0 Å². The molecule has 19 heavy (non-hydrogen) atoms. The van der Waals surface area contributed by atoms with Gasteiger partial charge in [0, 0.05) is 6.42 Å². The van der Waals surface area contributed by atoms with Crippen molar-refractivity contribution in [3.05, 3.63) is 0 Å². The average molecular weight is 266 g/mol. The van der Waals surface area contributed by atoms with E-state index in [4.69, 9.17) is 14.5 Å². The van der Waals surface area contributed by atoms with Crippen LogP contribution >= 0.6 is 0 Å². The van der Waals surface area contributed by atoms with Gasteiger partial charge in [0.15, 0.2) is 0 Å². The molecule has 3 saturated heterocycles. The Balaban J connectivity index is 1.81. The van der Waals surface area contributed by atoms with Gasteiger partial charge < -0.3 is 4.74 Å². The van der Waals surface area contributed by atoms with E-state index in [-0.39, 0.29) is 17.3 Å². The minimum Gasteiger partial charge on any atom is -0.375 e. The van der Waals surface area contributed by atoms with Crippen molar-refractivity contribution in [2.75, 3.05) is 6.61 Å². The summed E-state index contributed by atoms with van der Waals surface area (Å²) in [5.74, 6) is 2.56. The van der Waals surface area contributed by atoms with E-state index >= 15 is 0 Å². The second-order valence-electron chi connectivity index (χ2n) is 7.78. The van der Waals surface area contributed by atoms with Crippen LogP contribution in [-0.2, 0) is 14.5 Å². The van der Waals surface area contributed by atoms with E-state index in [1.165, 1.54) is 19.3 Å². The van der Waals surface area contributed by atoms with Crippen molar-refractivity contribution in [2.45, 2.75) is 70.2 Å². The number of rotatable bonds is 0. The summed E-state index contributed by atoms with van der Waals surface area (Å²) in [7, 11) is 0. The van der Waals surface area contributed by atoms with Crippen molar-refractivity contribution in [3.63, 3.8) is 0 Å². The Kier molecular flexibility index (Phi) is 2.63. The summed E-state index contributed by atoms with van der Waals surface area (Å²) in [6, 6.07) is 0. The van der Waals surface area contributed by atoms with Crippen LogP contribution in [0.15, 0.2) is 0 Å². The highest BCUT2D eigenvalue weighted by Gasteiger charge is 2.66. The van der Waals surface area contributed by atoms with Crippen molar-refractivity contribution in [3.8, 4) is 0 Å². The summed E-state index contributed by atoms with van der Waals surface area (Å²) in [6.45, 7) is 7.82. The third kappa shape index (κ3) is 1.55. The van der Waals surface area contributed by atoms with Gasteiger partial charge in [-0.1, -0.05) is 13.8 Å². The van der Waals surface area contributed by atoms with Gasteiger partial charge in [-0.3, -0.25) is 0 Å². The molecule has 3 heteroatoms. The molecule has 3 aliphatic heterocycles. The van der Waals surface area contributed by atoms with E-state index in [2.05, 4.69) is 20.8 Å². The fourth-order valence-electron chi connectivity index (χ4n) is 5.42. The van der Waals surface area contributed by atoms with Gasteiger partial charge in [0.2, 0.25) is 0 Å². The van der Waals surface area contributed by atoms with Crippen molar-refractivity contribution in [1.29, 1.82) is 0 Å². The summed E-state index contributed by atoms with van der Waals surface area (Å²) >= 11 is 0. The van der Waals surface area contributed by atoms with Crippen molar-refractivity contribution in [2.24, 2.45) is 23.7 Å². The van der Waals surface area contributed by atoms with Crippen LogP contribution in [0.4, 0.5) is 0 Å². The van der Waals surface area contributed by atoms with Crippen LogP contribution in [0.3, 0.4) is 0 Å². The smallest absolute Gasteiger partial charge is 0.136 e. The van der Waals surface area contributed by atoms with Crippen molar-refractivity contribution in [1.82, 2.24) is 0 Å². The van der Waals surface area contributed by atoms with Gasteiger partial charge in [0.05, 0.1) is 12.7 Å². The van der Waals surface area contributed by atoms with E-state index in [0.29, 0.717) is 17.8 Å². The van der Waals surface area contributed by atoms with E-state index in [0.717, 1.165) is 25.4 Å². The fraction of sp³-hybridized carbons (Fsp3) is 1.00. The van der Waals surface area contributed by atoms with Crippen molar-refractivity contribution < 1.29 is 14.5 Å². The SMILES string of the molecule is C[C@@H]1CC[C@H]2[C@@H](C)CO[C@H]3C[C@@]4(C)CC[C@@H]1[C@]32OO4. The minimum atomic E-state index is -0.147. The molecule has 0 aromatic rings. The van der Waals surface area contributed by atoms with Crippen LogP contribution in [0.5, 0.6) is 0 Å². The number of hydrogen-bond donors (Lipinski definition) is 0. The third-order valence-electron chi connectivity index (χ3n) is 6.52. The lowest BCUT2D eigenvalue weighted by atomic mass is 9.57. The van der Waals surface area contributed by atoms with E-state index in [9.17, 15) is 0 Å². The molecule has 5 aliphatic rings. The predicted octanol–water partition coefficient (Wildman–Crippen LogP) is 3.33. The Morgan fingerprint density at radius 2 is 1.74 bits per heavy atom. The lowest BCUT2D eigenvalue weighted by molar-refractivity contribution is -0.483. The molecular formula is C16H26O3. The highest BCUT2D eigenvalue weighted by molar-refractivity contribution is 5.12. The molecule has 0 unspecified atom stereocenters. The molecule has 0 radical (unpaired) electrons. The monoisotopic (exact) mass is 266 g/mol. The van der Waals surface area contributed by atoms with Gasteiger partial charge in [-0.05, 0) is 56.3 Å². The average Bonchev–Trinajstić information content (AvgIpc) is 2.61. The molecule has 5 fully saturated rings. The highest BCUT2D eigenvalue weighted by Crippen LogP contribution is 2.60. The molecule has 3 heterocycles. The summed E-state index contributed by atoms with van der Waals surface area (Å²) in [4.78, 5) is 12.1. The van der Waals surface area contributed by atoms with Crippen LogP contribution in [0, 0.1) is 23.7 Å². The lowest BCUT2D eigenvalue weighted by Crippen LogP contribution is -2.67. The van der Waals surface area contributed by atoms with Gasteiger partial charge in [-0.15, -0.1) is 0 Å². The number of ether oxygens (including phenoxy) is 1. The fourth-order valence-corrected chi connectivity index (χ4v) is 5.42. The van der Waals surface area contributed by atoms with Gasteiger partial charge in [0.1, 0.15) is 11.2 Å². The van der Waals surface area contributed by atoms with E-state index < -0.39 is 0 Å². The molecule has 2 aliphatic carbocycles. The first-order chi connectivity index (χ1) is 9.05. The van der Waals surface area contributed by atoms with Crippen LogP contribution in [0.25, 0.3) is 0 Å². The second-order valence-corrected chi connectivity index (χ2v) is 7.78. The van der Waals surface area contributed by atoms with Crippen LogP contribution in [-0.4, -0.2) is 23.9 Å². The Morgan fingerprint density at radius 3 is 2.58 bits per heavy atom. The second kappa shape index (κ2) is 3.96. The van der Waals surface area contributed by atoms with Crippen LogP contribution in [0.1, 0.15) is 52.9 Å². The first-order valence-corrected chi connectivity index (χ1v) is 8.04. The zero-order chi connectivity index (χ0) is 13.3. The Morgan fingerprint density at radius 1 is 0.947 bits per heavy atom. The summed E-state index contributed by atoms with van der Waals surface area (Å²) < 4.78 is 6.24. The zero-order valence-corrected chi connectivity index (χ0v) is 12.4. The molecule has 5 rings (SSSR count). The Hall–Kier alpha value is -0.120. The van der Waals surface area contributed by atoms with Gasteiger partial charge in [-0.25, -0.2) is 9.78 Å². The molecule has 3 nitrogen and oxygen atoms in total. The zero-order valence-electron chi connectivity index (χ0n) is 12.4. The molecule has 1 spiro atoms. The van der Waals surface area contributed by atoms with Gasteiger partial charge >= 0.3 is 0 Å². The molecule has 2 saturated carbocycles. The number of hydrogen-bond acceptors (Lipinski definition) is 3. The molecule has 0 aromatic carbocycles. The molecule has 7 atom stereocenters. The quantitative estimate of drug-likeness (QED) is 0.629. The normalized spacial score (nSPS) is 60.5. The van der Waals surface area contributed by atoms with E-state index in [1.807, 2.05) is 0 Å². The molecule has 108 valence electrons. The molecular weight excluding hydrogens is 240 g/mol. The summed E-state index contributed by atoms with van der Waals surface area (Å²) in [6.07, 6.45) is 6.24. The maximum Gasteiger partial charge on any atom is 0.136 e. The lowest BCUT2D eigenvalue weighted by Gasteiger charge is -2.59. The van der Waals surface area contributed by atoms with Crippen LogP contribution in [0.2, 0.25) is 0 Å². The standard InChI is InChI=1S/C16H26O3/c1-10-4-5-12-11(2)9-17-14-8-15(3)7-6-13(10)16(12,14)19-18-15/h10-14H,4-9H2,1-3H3/t10-,11+,12+,13+,14+,15-,16+/m1/s1. The third-order valence-corrected chi connectivity index (χ3v) is 6.52. The van der Waals surface area contributed by atoms with Crippen molar-refractivity contribution >= 4 is 0 Å². The number of fused-ring (bicyclic) bond motifs is 2. The Labute approximate surface area is 115 Å². The summed E-state index contributed by atoms with van der Waals surface area (Å²) in [5.41, 5.74) is -0.274. The Bertz CT molecular complexity index is 384. The maximum absolute atomic E-state index is 6.24. The molecule has 0 amide bonds. The highest BCUT2D eigenvalue weighted by atomic mass is 17.2. The predicted molar refractivity (Wildman–Crippen MR) is 71.4 cm³/mol. The van der Waals surface area contributed by atoms with Crippen LogP contribution < -0.4 is 0 Å². The first-order valence-electron chi connectivity index (χ1n) is 8.04. The first kappa shape index (κ1) is 12.6. The molecule has 2 bridgehead atoms. The van der Waals surface area contributed by atoms with E-state index in [1.54, 1.807) is 0 Å². The summed E-state index contributed by atoms with van der Waals surface area (Å²) in [5, 5.41) is 0. The van der Waals surface area contributed by atoms with Gasteiger partial charge in [0.25, 0.3) is 0 Å². The molecule has 0 aromatic heterocycles. The largest absolute Gasteiger partial charge is 0.375 e. The maximum atomic E-state index is 6.24. The minimum absolute atomic E-state index is 0.127. The molecule has 0 N–H and O–H groups in total.